The lowest BCUT2D eigenvalue weighted by Gasteiger charge is -2.03. The van der Waals surface area contributed by atoms with Gasteiger partial charge in [0.1, 0.15) is 12.0 Å². The van der Waals surface area contributed by atoms with Gasteiger partial charge in [0, 0.05) is 24.3 Å². The fourth-order valence-corrected chi connectivity index (χ4v) is 2.13. The number of aromatic nitrogens is 3. The van der Waals surface area contributed by atoms with Crippen molar-refractivity contribution in [3.63, 3.8) is 0 Å². The zero-order valence-corrected chi connectivity index (χ0v) is 9.23. The zero-order chi connectivity index (χ0) is 11.0. The molecule has 0 saturated heterocycles. The molecule has 0 aromatic carbocycles. The van der Waals surface area contributed by atoms with Gasteiger partial charge in [-0.25, -0.2) is 0 Å². The third-order valence-corrected chi connectivity index (χ3v) is 3.04. The Kier molecular flexibility index (Phi) is 2.16. The average molecular weight is 218 g/mol. The molecule has 0 fully saturated rings. The molecule has 0 unspecified atom stereocenters. The monoisotopic (exact) mass is 218 g/mol. The number of fused-ring (bicyclic) bond motifs is 1. The molecule has 84 valence electrons. The Bertz CT molecular complexity index is 500. The van der Waals surface area contributed by atoms with Crippen LogP contribution in [-0.2, 0) is 19.5 Å². The second-order valence-electron chi connectivity index (χ2n) is 4.11. The van der Waals surface area contributed by atoms with Gasteiger partial charge >= 0.3 is 0 Å². The van der Waals surface area contributed by atoms with Crippen LogP contribution in [0.2, 0.25) is 0 Å². The Morgan fingerprint density at radius 3 is 3.31 bits per heavy atom. The molecular weight excluding hydrogens is 204 g/mol. The van der Waals surface area contributed by atoms with Crippen LogP contribution in [-0.4, -0.2) is 14.9 Å². The normalized spacial score (nSPS) is 14.1. The number of nitrogens with zero attached hydrogens (tertiary/aromatic N) is 3. The molecule has 3 heterocycles. The van der Waals surface area contributed by atoms with Crippen molar-refractivity contribution in [3.8, 4) is 0 Å². The Morgan fingerprint density at radius 2 is 2.50 bits per heavy atom. The van der Waals surface area contributed by atoms with Gasteiger partial charge in [0.25, 0.3) is 0 Å². The zero-order valence-electron chi connectivity index (χ0n) is 9.23. The maximum atomic E-state index is 4.87. The number of aryl methyl sites for hydroxylation is 2. The molecule has 3 rings (SSSR count). The first-order valence-electron chi connectivity index (χ1n) is 5.53. The van der Waals surface area contributed by atoms with Gasteiger partial charge in [-0.1, -0.05) is 5.16 Å². The first-order valence-corrected chi connectivity index (χ1v) is 5.53. The number of anilines is 1. The second kappa shape index (κ2) is 3.66. The molecule has 0 atom stereocenters. The number of hydrogen-bond donors (Lipinski definition) is 1. The summed E-state index contributed by atoms with van der Waals surface area (Å²) in [7, 11) is 0. The molecule has 1 aliphatic rings. The smallest absolute Gasteiger partial charge is 0.147 e. The average Bonchev–Trinajstić information content (AvgIpc) is 2.92. The van der Waals surface area contributed by atoms with Gasteiger partial charge in [-0.15, -0.1) is 0 Å². The van der Waals surface area contributed by atoms with Gasteiger partial charge in [-0.3, -0.25) is 4.68 Å². The Balaban J connectivity index is 1.73. The van der Waals surface area contributed by atoms with Crippen molar-refractivity contribution in [2.24, 2.45) is 0 Å². The molecule has 2 aromatic rings. The van der Waals surface area contributed by atoms with E-state index in [4.69, 9.17) is 4.52 Å². The van der Waals surface area contributed by atoms with E-state index in [0.717, 1.165) is 30.9 Å². The third-order valence-electron chi connectivity index (χ3n) is 3.04. The van der Waals surface area contributed by atoms with Gasteiger partial charge in [0.05, 0.1) is 11.9 Å². The van der Waals surface area contributed by atoms with Gasteiger partial charge in [0.15, 0.2) is 0 Å². The lowest BCUT2D eigenvalue weighted by atomic mass is 10.2. The SMILES string of the molecule is Cc1nocc1NCc1cnn2c1CCC2. The van der Waals surface area contributed by atoms with E-state index in [1.165, 1.54) is 17.7 Å². The largest absolute Gasteiger partial charge is 0.377 e. The molecule has 5 nitrogen and oxygen atoms in total. The summed E-state index contributed by atoms with van der Waals surface area (Å²) in [5.41, 5.74) is 4.49. The molecule has 0 radical (unpaired) electrons. The van der Waals surface area contributed by atoms with Crippen LogP contribution < -0.4 is 5.32 Å². The summed E-state index contributed by atoms with van der Waals surface area (Å²) in [5, 5.41) is 11.5. The molecule has 0 amide bonds. The molecule has 0 bridgehead atoms. The predicted octanol–water partition coefficient (Wildman–Crippen LogP) is 1.74. The predicted molar refractivity (Wildman–Crippen MR) is 59.1 cm³/mol. The maximum absolute atomic E-state index is 4.87. The second-order valence-corrected chi connectivity index (χ2v) is 4.11. The van der Waals surface area contributed by atoms with E-state index >= 15 is 0 Å². The van der Waals surface area contributed by atoms with E-state index in [2.05, 4.69) is 20.3 Å². The summed E-state index contributed by atoms with van der Waals surface area (Å²) in [5.74, 6) is 0. The Labute approximate surface area is 93.4 Å². The van der Waals surface area contributed by atoms with E-state index in [1.807, 2.05) is 13.1 Å². The van der Waals surface area contributed by atoms with Gasteiger partial charge in [-0.05, 0) is 19.8 Å². The van der Waals surface area contributed by atoms with Gasteiger partial charge in [0.2, 0.25) is 0 Å². The first-order chi connectivity index (χ1) is 7.84. The molecule has 5 heteroatoms. The lowest BCUT2D eigenvalue weighted by molar-refractivity contribution is 0.415. The van der Waals surface area contributed by atoms with E-state index in [9.17, 15) is 0 Å². The molecular formula is C11H14N4O. The summed E-state index contributed by atoms with van der Waals surface area (Å²) in [6.07, 6.45) is 5.94. The third kappa shape index (κ3) is 1.48. The van der Waals surface area contributed by atoms with E-state index < -0.39 is 0 Å². The minimum atomic E-state index is 0.789. The van der Waals surface area contributed by atoms with Crippen molar-refractivity contribution in [3.05, 3.63) is 29.4 Å². The van der Waals surface area contributed by atoms with Crippen LogP contribution in [0.15, 0.2) is 17.0 Å². The minimum Gasteiger partial charge on any atom is -0.377 e. The summed E-state index contributed by atoms with van der Waals surface area (Å²) >= 11 is 0. The summed E-state index contributed by atoms with van der Waals surface area (Å²) in [6, 6.07) is 0. The van der Waals surface area contributed by atoms with Crippen molar-refractivity contribution < 1.29 is 4.52 Å². The standard InChI is InChI=1S/C11H14N4O/c1-8-10(7-16-14-8)12-5-9-6-13-15-4-2-3-11(9)15/h6-7,12H,2-5H2,1H3. The van der Waals surface area contributed by atoms with Crippen molar-refractivity contribution in [2.45, 2.75) is 32.9 Å². The quantitative estimate of drug-likeness (QED) is 0.852. The van der Waals surface area contributed by atoms with Crippen LogP contribution in [0, 0.1) is 6.92 Å². The summed E-state index contributed by atoms with van der Waals surface area (Å²) < 4.78 is 6.97. The van der Waals surface area contributed by atoms with Crippen molar-refractivity contribution in [1.29, 1.82) is 0 Å². The van der Waals surface area contributed by atoms with E-state index in [1.54, 1.807) is 6.26 Å². The van der Waals surface area contributed by atoms with Gasteiger partial charge < -0.3 is 9.84 Å². The van der Waals surface area contributed by atoms with Crippen LogP contribution in [0.25, 0.3) is 0 Å². The Hall–Kier alpha value is -1.78. The molecule has 0 aliphatic carbocycles. The molecule has 1 aliphatic heterocycles. The summed E-state index contributed by atoms with van der Waals surface area (Å²) in [6.45, 7) is 3.77. The molecule has 2 aromatic heterocycles. The minimum absolute atomic E-state index is 0.789. The van der Waals surface area contributed by atoms with Crippen LogP contribution >= 0.6 is 0 Å². The first kappa shape index (κ1) is 9.45. The van der Waals surface area contributed by atoms with E-state index in [0.29, 0.717) is 0 Å². The highest BCUT2D eigenvalue weighted by atomic mass is 16.5. The van der Waals surface area contributed by atoms with Crippen LogP contribution in [0.5, 0.6) is 0 Å². The van der Waals surface area contributed by atoms with Gasteiger partial charge in [-0.2, -0.15) is 5.10 Å². The Morgan fingerprint density at radius 1 is 1.56 bits per heavy atom. The highest BCUT2D eigenvalue weighted by molar-refractivity contribution is 5.44. The van der Waals surface area contributed by atoms with E-state index in [-0.39, 0.29) is 0 Å². The lowest BCUT2D eigenvalue weighted by Crippen LogP contribution is -2.01. The highest BCUT2D eigenvalue weighted by Crippen LogP contribution is 2.20. The fourth-order valence-electron chi connectivity index (χ4n) is 2.13. The molecule has 16 heavy (non-hydrogen) atoms. The topological polar surface area (TPSA) is 55.9 Å². The maximum Gasteiger partial charge on any atom is 0.147 e. The molecule has 0 saturated carbocycles. The summed E-state index contributed by atoms with van der Waals surface area (Å²) in [4.78, 5) is 0. The molecule has 1 N–H and O–H groups in total. The molecule has 0 spiro atoms. The van der Waals surface area contributed by atoms with Crippen molar-refractivity contribution >= 4 is 5.69 Å². The van der Waals surface area contributed by atoms with Crippen LogP contribution in [0.3, 0.4) is 0 Å². The number of hydrogen-bond acceptors (Lipinski definition) is 4. The van der Waals surface area contributed by atoms with Crippen molar-refractivity contribution in [1.82, 2.24) is 14.9 Å². The fraction of sp³-hybridized carbons (Fsp3) is 0.455. The number of rotatable bonds is 3. The van der Waals surface area contributed by atoms with Crippen LogP contribution in [0.1, 0.15) is 23.4 Å². The van der Waals surface area contributed by atoms with Crippen LogP contribution in [0.4, 0.5) is 5.69 Å². The highest BCUT2D eigenvalue weighted by Gasteiger charge is 2.15. The number of nitrogens with one attached hydrogen (secondary N) is 1. The van der Waals surface area contributed by atoms with Crippen molar-refractivity contribution in [2.75, 3.05) is 5.32 Å².